The fourth-order valence-corrected chi connectivity index (χ4v) is 4.81. The van der Waals surface area contributed by atoms with E-state index in [-0.39, 0.29) is 17.2 Å². The molecule has 0 amide bonds. The molecule has 0 radical (unpaired) electrons. The maximum absolute atomic E-state index is 11.3. The molecule has 0 saturated carbocycles. The van der Waals surface area contributed by atoms with Crippen LogP contribution in [0.15, 0.2) is 29.5 Å². The smallest absolute Gasteiger partial charge is 0.360 e. The summed E-state index contributed by atoms with van der Waals surface area (Å²) in [5.74, 6) is 0.0642. The van der Waals surface area contributed by atoms with Gasteiger partial charge in [0, 0.05) is 13.3 Å². The number of carbonyl (C=O) groups is 1. The number of hydrogen-bond donors (Lipinski definition) is 2. The molecule has 1 aliphatic heterocycles. The summed E-state index contributed by atoms with van der Waals surface area (Å²) in [5.41, 5.74) is 6.12. The lowest BCUT2D eigenvalue weighted by atomic mass is 10.0. The minimum Gasteiger partial charge on any atom is -0.477 e. The number of allylic oxidation sites excluding steroid dienone is 2. The lowest BCUT2D eigenvalue weighted by Gasteiger charge is -2.34. The van der Waals surface area contributed by atoms with Crippen LogP contribution in [-0.2, 0) is 4.79 Å². The summed E-state index contributed by atoms with van der Waals surface area (Å²) in [6.45, 7) is 4.09. The second-order valence-electron chi connectivity index (χ2n) is 10.2. The van der Waals surface area contributed by atoms with Crippen molar-refractivity contribution in [3.05, 3.63) is 24.6 Å². The van der Waals surface area contributed by atoms with E-state index in [4.69, 9.17) is 5.73 Å². The molecule has 0 spiro atoms. The number of aliphatic imine (C=N–C) groups is 1. The molecule has 5 heteroatoms. The van der Waals surface area contributed by atoms with Crippen molar-refractivity contribution in [2.45, 2.75) is 142 Å². The van der Waals surface area contributed by atoms with Gasteiger partial charge in [-0.1, -0.05) is 109 Å². The van der Waals surface area contributed by atoms with E-state index in [0.29, 0.717) is 0 Å². The van der Waals surface area contributed by atoms with Crippen LogP contribution < -0.4 is 5.73 Å². The van der Waals surface area contributed by atoms with E-state index >= 15 is 0 Å². The highest BCUT2D eigenvalue weighted by atomic mass is 16.4. The van der Waals surface area contributed by atoms with E-state index in [0.717, 1.165) is 18.7 Å². The van der Waals surface area contributed by atoms with Crippen molar-refractivity contribution in [2.24, 2.45) is 10.7 Å². The van der Waals surface area contributed by atoms with Gasteiger partial charge in [-0.05, 0) is 25.7 Å². The van der Waals surface area contributed by atoms with Crippen LogP contribution in [0, 0.1) is 0 Å². The first-order valence-corrected chi connectivity index (χ1v) is 14.3. The summed E-state index contributed by atoms with van der Waals surface area (Å²) in [4.78, 5) is 15.8. The van der Waals surface area contributed by atoms with Crippen LogP contribution in [0.5, 0.6) is 0 Å². The monoisotopic (exact) mass is 476 g/mol. The van der Waals surface area contributed by atoms with Crippen LogP contribution in [0.1, 0.15) is 136 Å². The third kappa shape index (κ3) is 13.4. The zero-order chi connectivity index (χ0) is 24.9. The fourth-order valence-electron chi connectivity index (χ4n) is 4.81. The van der Waals surface area contributed by atoms with Crippen LogP contribution >= 0.6 is 0 Å². The van der Waals surface area contributed by atoms with Crippen LogP contribution in [0.3, 0.4) is 0 Å². The number of nitrogens with two attached hydrogens (primary N) is 1. The third-order valence-electron chi connectivity index (χ3n) is 7.07. The standard InChI is InChI=1S/C29H53N3O2/c1-3-4-5-6-7-8-9-10-11-12-13-14-15-16-17-18-19-20-21-22-23-28-31-24-25-32(28,27(2)30)26-29(33)34/h6-7,24-25,27H,3-5,8-23,26,30H2,1-2H3/p+1/b7-6+. The summed E-state index contributed by atoms with van der Waals surface area (Å²) < 4.78 is 0.172. The Hall–Kier alpha value is -1.46. The highest BCUT2D eigenvalue weighted by molar-refractivity contribution is 5.81. The molecule has 0 saturated heterocycles. The molecule has 2 atom stereocenters. The SMILES string of the molecule is CCCC/C=C/CCCCCCCCCCCCCCCCC1=NC=C[N+]1(CC(=O)O)C(C)N. The number of amidine groups is 1. The molecule has 0 aromatic carbocycles. The number of aliphatic carboxylic acids is 1. The Morgan fingerprint density at radius 3 is 1.82 bits per heavy atom. The van der Waals surface area contributed by atoms with Crippen molar-refractivity contribution < 1.29 is 14.4 Å². The van der Waals surface area contributed by atoms with Crippen LogP contribution in [0.4, 0.5) is 0 Å². The van der Waals surface area contributed by atoms with E-state index in [2.05, 4.69) is 24.1 Å². The van der Waals surface area contributed by atoms with Gasteiger partial charge in [0.15, 0.2) is 6.54 Å². The summed E-state index contributed by atoms with van der Waals surface area (Å²) in [7, 11) is 0. The van der Waals surface area contributed by atoms with Gasteiger partial charge in [0.05, 0.1) is 6.20 Å². The first-order valence-electron chi connectivity index (χ1n) is 14.3. The summed E-state index contributed by atoms with van der Waals surface area (Å²) in [6, 6.07) is 0. The van der Waals surface area contributed by atoms with Crippen molar-refractivity contribution in [1.29, 1.82) is 0 Å². The van der Waals surface area contributed by atoms with Crippen molar-refractivity contribution in [3.63, 3.8) is 0 Å². The molecule has 0 aromatic rings. The Bertz CT molecular complexity index is 612. The molecule has 0 bridgehead atoms. The number of carboxylic acid groups (broad SMARTS) is 1. The Balaban J connectivity index is 1.90. The Labute approximate surface area is 210 Å². The molecule has 34 heavy (non-hydrogen) atoms. The van der Waals surface area contributed by atoms with Crippen LogP contribution in [0.25, 0.3) is 0 Å². The fraction of sp³-hybridized carbons (Fsp3) is 0.793. The summed E-state index contributed by atoms with van der Waals surface area (Å²) >= 11 is 0. The summed E-state index contributed by atoms with van der Waals surface area (Å²) in [5, 5.41) is 9.28. The van der Waals surface area contributed by atoms with Gasteiger partial charge in [0.1, 0.15) is 12.4 Å². The van der Waals surface area contributed by atoms with Gasteiger partial charge < -0.3 is 5.11 Å². The highest BCUT2D eigenvalue weighted by Crippen LogP contribution is 2.23. The van der Waals surface area contributed by atoms with Crippen molar-refractivity contribution in [1.82, 2.24) is 0 Å². The number of unbranched alkanes of at least 4 members (excludes halogenated alkanes) is 16. The number of carboxylic acids is 1. The molecule has 0 aliphatic carbocycles. The van der Waals surface area contributed by atoms with Gasteiger partial charge in [-0.3, -0.25) is 5.73 Å². The molecule has 5 nitrogen and oxygen atoms in total. The molecule has 2 unspecified atom stereocenters. The van der Waals surface area contributed by atoms with Gasteiger partial charge in [-0.2, -0.15) is 0 Å². The van der Waals surface area contributed by atoms with E-state index in [1.54, 1.807) is 6.20 Å². The second kappa shape index (κ2) is 19.8. The molecular weight excluding hydrogens is 422 g/mol. The molecule has 1 rings (SSSR count). The quantitative estimate of drug-likeness (QED) is 0.0889. The molecule has 1 aliphatic rings. The molecule has 0 aromatic heterocycles. The van der Waals surface area contributed by atoms with Crippen molar-refractivity contribution in [3.8, 4) is 0 Å². The number of quaternary nitrogens is 1. The van der Waals surface area contributed by atoms with E-state index in [1.807, 2.05) is 13.1 Å². The summed E-state index contributed by atoms with van der Waals surface area (Å²) in [6.07, 6.45) is 32.7. The average molecular weight is 477 g/mol. The number of nitrogens with zero attached hydrogens (tertiary/aromatic N) is 2. The minimum atomic E-state index is -0.835. The third-order valence-corrected chi connectivity index (χ3v) is 7.07. The van der Waals surface area contributed by atoms with Crippen molar-refractivity contribution >= 4 is 11.8 Å². The Kier molecular flexibility index (Phi) is 17.8. The minimum absolute atomic E-state index is 0.0240. The van der Waals surface area contributed by atoms with E-state index in [9.17, 15) is 9.90 Å². The predicted molar refractivity (Wildman–Crippen MR) is 146 cm³/mol. The largest absolute Gasteiger partial charge is 0.477 e. The van der Waals surface area contributed by atoms with Gasteiger partial charge in [0.2, 0.25) is 5.84 Å². The lowest BCUT2D eigenvalue weighted by Crippen LogP contribution is -2.59. The first kappa shape index (κ1) is 30.6. The second-order valence-corrected chi connectivity index (χ2v) is 10.2. The molecule has 0 fully saturated rings. The molecular formula is C29H54N3O2+. The van der Waals surface area contributed by atoms with Gasteiger partial charge >= 0.3 is 5.97 Å². The zero-order valence-electron chi connectivity index (χ0n) is 22.4. The Morgan fingerprint density at radius 1 is 0.882 bits per heavy atom. The van der Waals surface area contributed by atoms with Crippen LogP contribution in [-0.4, -0.2) is 34.1 Å². The van der Waals surface area contributed by atoms with Crippen LogP contribution in [0.2, 0.25) is 0 Å². The molecule has 3 N–H and O–H groups in total. The van der Waals surface area contributed by atoms with E-state index < -0.39 is 5.97 Å². The van der Waals surface area contributed by atoms with Crippen molar-refractivity contribution in [2.75, 3.05) is 6.54 Å². The van der Waals surface area contributed by atoms with Gasteiger partial charge in [-0.15, -0.1) is 0 Å². The molecule has 196 valence electrons. The average Bonchev–Trinajstić information content (AvgIpc) is 3.20. The molecule has 1 heterocycles. The highest BCUT2D eigenvalue weighted by Gasteiger charge is 2.40. The zero-order valence-corrected chi connectivity index (χ0v) is 22.4. The number of rotatable bonds is 23. The topological polar surface area (TPSA) is 75.7 Å². The van der Waals surface area contributed by atoms with E-state index in [1.165, 1.54) is 109 Å². The lowest BCUT2D eigenvalue weighted by molar-refractivity contribution is -0.805. The van der Waals surface area contributed by atoms with Gasteiger partial charge in [-0.25, -0.2) is 14.3 Å². The Morgan fingerprint density at radius 2 is 1.35 bits per heavy atom. The van der Waals surface area contributed by atoms with Gasteiger partial charge in [0.25, 0.3) is 0 Å². The number of hydrogen-bond acceptors (Lipinski definition) is 3. The maximum Gasteiger partial charge on any atom is 0.360 e. The normalized spacial score (nSPS) is 18.6. The maximum atomic E-state index is 11.3. The predicted octanol–water partition coefficient (Wildman–Crippen LogP) is 8.06. The first-order chi connectivity index (χ1) is 16.5.